The number of amides is 1. The molecule has 20 heavy (non-hydrogen) atoms. The van der Waals surface area contributed by atoms with E-state index in [9.17, 15) is 9.59 Å². The zero-order valence-corrected chi connectivity index (χ0v) is 11.5. The Hall–Kier alpha value is -2.18. The van der Waals surface area contributed by atoms with Gasteiger partial charge in [0.05, 0.1) is 12.3 Å². The van der Waals surface area contributed by atoms with Crippen molar-refractivity contribution in [3.05, 3.63) is 51.2 Å². The highest BCUT2D eigenvalue weighted by Gasteiger charge is 2.17. The number of aliphatic hydroxyl groups excluding tert-OH is 1. The van der Waals surface area contributed by atoms with Gasteiger partial charge in [0.2, 0.25) is 0 Å². The Balaban J connectivity index is 2.23. The Morgan fingerprint density at radius 1 is 1.25 bits per heavy atom. The fourth-order valence-electron chi connectivity index (χ4n) is 1.70. The third-order valence-electron chi connectivity index (χ3n) is 2.81. The molecule has 0 bridgehead atoms. The molecule has 0 spiro atoms. The minimum Gasteiger partial charge on any atom is -0.477 e. The van der Waals surface area contributed by atoms with Crippen LogP contribution in [0.2, 0.25) is 0 Å². The molecule has 1 aromatic carbocycles. The quantitative estimate of drug-likeness (QED) is 0.807. The summed E-state index contributed by atoms with van der Waals surface area (Å²) >= 11 is 1.08. The number of thiophene rings is 1. The number of carbonyl (C=O) groups excluding carboxylic acids is 1. The molecule has 0 aliphatic heterocycles. The normalized spacial score (nSPS) is 10.3. The van der Waals surface area contributed by atoms with E-state index in [4.69, 9.17) is 10.2 Å². The van der Waals surface area contributed by atoms with Crippen LogP contribution in [0.4, 0.5) is 5.69 Å². The molecule has 0 unspecified atom stereocenters. The SMILES string of the molecule is Cc1csc(C(=O)O)c1NC(=O)c1ccc(CO)cc1. The average Bonchev–Trinajstić information content (AvgIpc) is 2.80. The molecule has 1 heterocycles. The number of hydrogen-bond donors (Lipinski definition) is 3. The summed E-state index contributed by atoms with van der Waals surface area (Å²) in [7, 11) is 0. The van der Waals surface area contributed by atoms with Gasteiger partial charge in [0.1, 0.15) is 4.88 Å². The number of nitrogens with one attached hydrogen (secondary N) is 1. The minimum absolute atomic E-state index is 0.0886. The molecule has 2 rings (SSSR count). The average molecular weight is 291 g/mol. The molecule has 104 valence electrons. The molecule has 6 heteroatoms. The standard InChI is InChI=1S/C14H13NO4S/c1-8-7-20-12(14(18)19)11(8)15-13(17)10-4-2-9(6-16)3-5-10/h2-5,7,16H,6H2,1H3,(H,15,17)(H,18,19). The lowest BCUT2D eigenvalue weighted by atomic mass is 10.1. The van der Waals surface area contributed by atoms with E-state index in [2.05, 4.69) is 5.32 Å². The first-order valence-electron chi connectivity index (χ1n) is 5.85. The molecule has 0 saturated carbocycles. The first-order valence-corrected chi connectivity index (χ1v) is 6.73. The lowest BCUT2D eigenvalue weighted by Gasteiger charge is -2.07. The zero-order valence-electron chi connectivity index (χ0n) is 10.7. The maximum atomic E-state index is 12.1. The predicted molar refractivity (Wildman–Crippen MR) is 76.3 cm³/mol. The van der Waals surface area contributed by atoms with Crippen LogP contribution in [0.3, 0.4) is 0 Å². The second-order valence-electron chi connectivity index (χ2n) is 4.24. The molecule has 5 nitrogen and oxygen atoms in total. The molecule has 0 atom stereocenters. The summed E-state index contributed by atoms with van der Waals surface area (Å²) in [5.74, 6) is -1.44. The van der Waals surface area contributed by atoms with Gasteiger partial charge in [-0.2, -0.15) is 0 Å². The minimum atomic E-state index is -1.06. The maximum Gasteiger partial charge on any atom is 0.348 e. The van der Waals surface area contributed by atoms with Gasteiger partial charge < -0.3 is 15.5 Å². The van der Waals surface area contributed by atoms with E-state index in [-0.39, 0.29) is 17.4 Å². The molecule has 2 aromatic rings. The molecule has 0 aliphatic carbocycles. The van der Waals surface area contributed by atoms with Crippen LogP contribution in [0.5, 0.6) is 0 Å². The van der Waals surface area contributed by atoms with Gasteiger partial charge in [-0.3, -0.25) is 4.79 Å². The Bertz CT molecular complexity index is 646. The Morgan fingerprint density at radius 3 is 2.45 bits per heavy atom. The third kappa shape index (κ3) is 2.87. The van der Waals surface area contributed by atoms with E-state index in [1.54, 1.807) is 36.6 Å². The molecule has 1 aromatic heterocycles. The molecule has 0 aliphatic rings. The van der Waals surface area contributed by atoms with Gasteiger partial charge >= 0.3 is 5.97 Å². The second-order valence-corrected chi connectivity index (χ2v) is 5.12. The van der Waals surface area contributed by atoms with Gasteiger partial charge in [-0.15, -0.1) is 11.3 Å². The summed E-state index contributed by atoms with van der Waals surface area (Å²) in [6.45, 7) is 1.65. The summed E-state index contributed by atoms with van der Waals surface area (Å²) in [6.07, 6.45) is 0. The van der Waals surface area contributed by atoms with Crippen LogP contribution in [-0.4, -0.2) is 22.1 Å². The van der Waals surface area contributed by atoms with Crippen LogP contribution in [-0.2, 0) is 6.61 Å². The highest BCUT2D eigenvalue weighted by molar-refractivity contribution is 7.12. The van der Waals surface area contributed by atoms with Gasteiger partial charge in [0.15, 0.2) is 0 Å². The van der Waals surface area contributed by atoms with Crippen molar-refractivity contribution in [2.75, 3.05) is 5.32 Å². The number of rotatable bonds is 4. The monoisotopic (exact) mass is 291 g/mol. The Labute approximate surface area is 119 Å². The lowest BCUT2D eigenvalue weighted by Crippen LogP contribution is -2.14. The van der Waals surface area contributed by atoms with Crippen molar-refractivity contribution in [3.63, 3.8) is 0 Å². The molecule has 0 radical (unpaired) electrons. The van der Waals surface area contributed by atoms with Crippen LogP contribution >= 0.6 is 11.3 Å². The number of carboxylic acids is 1. The maximum absolute atomic E-state index is 12.1. The number of aliphatic hydroxyl groups is 1. The number of carbonyl (C=O) groups is 2. The molecular weight excluding hydrogens is 278 g/mol. The van der Waals surface area contributed by atoms with E-state index >= 15 is 0 Å². The Kier molecular flexibility index (Phi) is 4.16. The second kappa shape index (κ2) is 5.85. The van der Waals surface area contributed by atoms with Gasteiger partial charge in [-0.25, -0.2) is 4.79 Å². The van der Waals surface area contributed by atoms with Gasteiger partial charge in [-0.1, -0.05) is 12.1 Å². The summed E-state index contributed by atoms with van der Waals surface area (Å²) < 4.78 is 0. The fraction of sp³-hybridized carbons (Fsp3) is 0.143. The topological polar surface area (TPSA) is 86.6 Å². The number of aryl methyl sites for hydroxylation is 1. The molecular formula is C14H13NO4S. The molecule has 3 N–H and O–H groups in total. The molecule has 0 saturated heterocycles. The summed E-state index contributed by atoms with van der Waals surface area (Å²) in [6, 6.07) is 6.47. The van der Waals surface area contributed by atoms with Crippen LogP contribution in [0.1, 0.15) is 31.2 Å². The van der Waals surface area contributed by atoms with Crippen molar-refractivity contribution in [3.8, 4) is 0 Å². The largest absolute Gasteiger partial charge is 0.477 e. The van der Waals surface area contributed by atoms with Gasteiger partial charge in [0.25, 0.3) is 5.91 Å². The summed E-state index contributed by atoms with van der Waals surface area (Å²) in [4.78, 5) is 23.3. The third-order valence-corrected chi connectivity index (χ3v) is 3.89. The highest BCUT2D eigenvalue weighted by Crippen LogP contribution is 2.28. The number of benzene rings is 1. The first-order chi connectivity index (χ1) is 9.52. The van der Waals surface area contributed by atoms with Crippen molar-refractivity contribution in [1.82, 2.24) is 0 Å². The van der Waals surface area contributed by atoms with E-state index in [1.807, 2.05) is 0 Å². The fourth-order valence-corrected chi connectivity index (χ4v) is 2.55. The van der Waals surface area contributed by atoms with Crippen molar-refractivity contribution in [2.24, 2.45) is 0 Å². The van der Waals surface area contributed by atoms with E-state index in [0.717, 1.165) is 11.3 Å². The highest BCUT2D eigenvalue weighted by atomic mass is 32.1. The van der Waals surface area contributed by atoms with Crippen LogP contribution in [0.15, 0.2) is 29.6 Å². The summed E-state index contributed by atoms with van der Waals surface area (Å²) in [5, 5.41) is 22.3. The lowest BCUT2D eigenvalue weighted by molar-refractivity contribution is 0.0703. The smallest absolute Gasteiger partial charge is 0.348 e. The van der Waals surface area contributed by atoms with Crippen LogP contribution in [0.25, 0.3) is 0 Å². The van der Waals surface area contributed by atoms with E-state index < -0.39 is 5.97 Å². The molecule has 0 fully saturated rings. The van der Waals surface area contributed by atoms with Crippen molar-refractivity contribution >= 4 is 28.9 Å². The number of aromatic carboxylic acids is 1. The predicted octanol–water partition coefficient (Wildman–Crippen LogP) is 2.50. The van der Waals surface area contributed by atoms with E-state index in [0.29, 0.717) is 22.4 Å². The number of carboxylic acid groups (broad SMARTS) is 1. The zero-order chi connectivity index (χ0) is 14.7. The van der Waals surface area contributed by atoms with Crippen LogP contribution < -0.4 is 5.32 Å². The number of hydrogen-bond acceptors (Lipinski definition) is 4. The Morgan fingerprint density at radius 2 is 1.90 bits per heavy atom. The van der Waals surface area contributed by atoms with E-state index in [1.165, 1.54) is 0 Å². The van der Waals surface area contributed by atoms with Crippen LogP contribution in [0, 0.1) is 6.92 Å². The van der Waals surface area contributed by atoms with Gasteiger partial charge in [0, 0.05) is 5.56 Å². The summed E-state index contributed by atoms with van der Waals surface area (Å²) in [5.41, 5.74) is 2.16. The van der Waals surface area contributed by atoms with Crippen molar-refractivity contribution in [1.29, 1.82) is 0 Å². The molecule has 1 amide bonds. The van der Waals surface area contributed by atoms with Crippen molar-refractivity contribution in [2.45, 2.75) is 13.5 Å². The first kappa shape index (κ1) is 14.2. The number of anilines is 1. The van der Waals surface area contributed by atoms with Crippen molar-refractivity contribution < 1.29 is 19.8 Å². The van der Waals surface area contributed by atoms with Gasteiger partial charge in [-0.05, 0) is 35.6 Å².